The van der Waals surface area contributed by atoms with Gasteiger partial charge in [0.1, 0.15) is 0 Å². The maximum Gasteiger partial charge on any atom is 0.293 e. The third-order valence-corrected chi connectivity index (χ3v) is 4.78. The quantitative estimate of drug-likeness (QED) is 0.667. The molecule has 2 rings (SSSR count). The number of imide groups is 1. The summed E-state index contributed by atoms with van der Waals surface area (Å²) in [7, 11) is 1.57. The number of amides is 2. The molecule has 2 amide bonds. The van der Waals surface area contributed by atoms with Crippen LogP contribution in [0.4, 0.5) is 4.79 Å². The van der Waals surface area contributed by atoms with Crippen LogP contribution in [0.1, 0.15) is 25.8 Å². The first-order valence-electron chi connectivity index (χ1n) is 7.27. The number of benzene rings is 1. The van der Waals surface area contributed by atoms with Gasteiger partial charge in [0.05, 0.1) is 18.6 Å². The Bertz CT molecular complexity index is 660. The molecule has 0 atom stereocenters. The van der Waals surface area contributed by atoms with Gasteiger partial charge in [0.25, 0.3) is 11.1 Å². The average Bonchev–Trinajstić information content (AvgIpc) is 2.78. The minimum Gasteiger partial charge on any atom is -0.493 e. The van der Waals surface area contributed by atoms with Gasteiger partial charge in [-0.2, -0.15) is 0 Å². The molecule has 1 aliphatic rings. The van der Waals surface area contributed by atoms with Crippen molar-refractivity contribution in [2.24, 2.45) is 0 Å². The monoisotopic (exact) mass is 399 g/mol. The Kier molecular flexibility index (Phi) is 6.12. The SMILES string of the molecule is CCCN1C(=O)S/C(=C/c2cc(OCC)c(OC)cc2Br)C1=O. The number of halogens is 1. The summed E-state index contributed by atoms with van der Waals surface area (Å²) < 4.78 is 11.6. The zero-order chi connectivity index (χ0) is 17.0. The van der Waals surface area contributed by atoms with E-state index in [0.717, 1.165) is 28.2 Å². The highest BCUT2D eigenvalue weighted by Crippen LogP contribution is 2.38. The molecule has 124 valence electrons. The highest BCUT2D eigenvalue weighted by molar-refractivity contribution is 9.10. The van der Waals surface area contributed by atoms with Gasteiger partial charge in [0.15, 0.2) is 11.5 Å². The molecular weight excluding hydrogens is 382 g/mol. The maximum absolute atomic E-state index is 12.3. The van der Waals surface area contributed by atoms with Crippen LogP contribution >= 0.6 is 27.7 Å². The standard InChI is InChI=1S/C16H18BrNO4S/c1-4-6-18-15(19)14(23-16(18)20)8-10-7-13(22-5-2)12(21-3)9-11(10)17/h7-9H,4-6H2,1-3H3/b14-8+. The van der Waals surface area contributed by atoms with E-state index in [1.54, 1.807) is 25.3 Å². The summed E-state index contributed by atoms with van der Waals surface area (Å²) in [4.78, 5) is 25.9. The molecule has 0 spiro atoms. The summed E-state index contributed by atoms with van der Waals surface area (Å²) in [5.74, 6) is 0.953. The largest absolute Gasteiger partial charge is 0.493 e. The summed E-state index contributed by atoms with van der Waals surface area (Å²) in [6.07, 6.45) is 2.44. The van der Waals surface area contributed by atoms with Crippen LogP contribution in [0.5, 0.6) is 11.5 Å². The molecule has 5 nitrogen and oxygen atoms in total. The Balaban J connectivity index is 2.37. The second-order valence-electron chi connectivity index (χ2n) is 4.79. The maximum atomic E-state index is 12.3. The van der Waals surface area contributed by atoms with Crippen molar-refractivity contribution in [3.05, 3.63) is 27.1 Å². The fourth-order valence-electron chi connectivity index (χ4n) is 2.15. The second kappa shape index (κ2) is 7.88. The Morgan fingerprint density at radius 1 is 1.26 bits per heavy atom. The van der Waals surface area contributed by atoms with Gasteiger partial charge in [-0.15, -0.1) is 0 Å². The van der Waals surface area contributed by atoms with Crippen LogP contribution in [0, 0.1) is 0 Å². The first kappa shape index (κ1) is 17.9. The molecule has 1 aromatic rings. The minimum absolute atomic E-state index is 0.224. The highest BCUT2D eigenvalue weighted by Gasteiger charge is 2.34. The lowest BCUT2D eigenvalue weighted by atomic mass is 10.2. The minimum atomic E-state index is -0.248. The normalized spacial score (nSPS) is 16.3. The van der Waals surface area contributed by atoms with E-state index in [-0.39, 0.29) is 11.1 Å². The van der Waals surface area contributed by atoms with Gasteiger partial charge >= 0.3 is 0 Å². The van der Waals surface area contributed by atoms with Gasteiger partial charge < -0.3 is 9.47 Å². The number of rotatable bonds is 6. The second-order valence-corrected chi connectivity index (χ2v) is 6.64. The van der Waals surface area contributed by atoms with E-state index in [1.165, 1.54) is 4.90 Å². The first-order valence-corrected chi connectivity index (χ1v) is 8.88. The van der Waals surface area contributed by atoms with E-state index < -0.39 is 0 Å². The molecule has 1 heterocycles. The van der Waals surface area contributed by atoms with Crippen molar-refractivity contribution in [2.75, 3.05) is 20.3 Å². The lowest BCUT2D eigenvalue weighted by Gasteiger charge is -2.12. The molecule has 0 aromatic heterocycles. The number of nitrogens with zero attached hydrogens (tertiary/aromatic N) is 1. The number of hydrogen-bond donors (Lipinski definition) is 0. The van der Waals surface area contributed by atoms with Gasteiger partial charge in [0.2, 0.25) is 0 Å². The summed E-state index contributed by atoms with van der Waals surface area (Å²) >= 11 is 4.42. The Hall–Kier alpha value is -1.47. The molecule has 0 unspecified atom stereocenters. The zero-order valence-corrected chi connectivity index (χ0v) is 15.6. The van der Waals surface area contributed by atoms with Crippen molar-refractivity contribution < 1.29 is 19.1 Å². The molecule has 1 aromatic carbocycles. The van der Waals surface area contributed by atoms with E-state index in [9.17, 15) is 9.59 Å². The number of ether oxygens (including phenoxy) is 2. The molecule has 7 heteroatoms. The third-order valence-electron chi connectivity index (χ3n) is 3.19. The third kappa shape index (κ3) is 3.90. The number of hydrogen-bond acceptors (Lipinski definition) is 5. The number of methoxy groups -OCH3 is 1. The summed E-state index contributed by atoms with van der Waals surface area (Å²) in [6.45, 7) is 4.76. The topological polar surface area (TPSA) is 55.8 Å². The van der Waals surface area contributed by atoms with E-state index in [1.807, 2.05) is 13.8 Å². The van der Waals surface area contributed by atoms with Gasteiger partial charge in [0, 0.05) is 11.0 Å². The van der Waals surface area contributed by atoms with E-state index in [0.29, 0.717) is 29.6 Å². The molecule has 0 radical (unpaired) electrons. The predicted octanol–water partition coefficient (Wildman–Crippen LogP) is 4.30. The van der Waals surface area contributed by atoms with Crippen molar-refractivity contribution in [2.45, 2.75) is 20.3 Å². The van der Waals surface area contributed by atoms with Crippen LogP contribution in [0.15, 0.2) is 21.5 Å². The van der Waals surface area contributed by atoms with Crippen molar-refractivity contribution in [1.82, 2.24) is 4.90 Å². The van der Waals surface area contributed by atoms with Crippen LogP contribution in [0.25, 0.3) is 6.08 Å². The number of thioether (sulfide) groups is 1. The summed E-state index contributed by atoms with van der Waals surface area (Å²) in [5.41, 5.74) is 0.760. The Labute approximate surface area is 148 Å². The van der Waals surface area contributed by atoms with Gasteiger partial charge in [-0.3, -0.25) is 14.5 Å². The lowest BCUT2D eigenvalue weighted by Crippen LogP contribution is -2.28. The van der Waals surface area contributed by atoms with Crippen LogP contribution in [0.3, 0.4) is 0 Å². The average molecular weight is 400 g/mol. The molecule has 0 saturated carbocycles. The van der Waals surface area contributed by atoms with Gasteiger partial charge in [-0.1, -0.05) is 22.9 Å². The van der Waals surface area contributed by atoms with Crippen LogP contribution in [-0.2, 0) is 4.79 Å². The summed E-state index contributed by atoms with van der Waals surface area (Å²) in [6, 6.07) is 3.58. The van der Waals surface area contributed by atoms with Gasteiger partial charge in [-0.25, -0.2) is 0 Å². The van der Waals surface area contributed by atoms with Crippen molar-refractivity contribution in [1.29, 1.82) is 0 Å². The smallest absolute Gasteiger partial charge is 0.293 e. The van der Waals surface area contributed by atoms with Crippen molar-refractivity contribution in [3.8, 4) is 11.5 Å². The van der Waals surface area contributed by atoms with Crippen LogP contribution in [0.2, 0.25) is 0 Å². The molecule has 0 aliphatic carbocycles. The molecule has 1 fully saturated rings. The van der Waals surface area contributed by atoms with E-state index in [4.69, 9.17) is 9.47 Å². The fraction of sp³-hybridized carbons (Fsp3) is 0.375. The number of carbonyl (C=O) groups is 2. The van der Waals surface area contributed by atoms with Crippen LogP contribution in [-0.4, -0.2) is 36.3 Å². The fourth-order valence-corrected chi connectivity index (χ4v) is 3.44. The van der Waals surface area contributed by atoms with E-state index in [2.05, 4.69) is 15.9 Å². The van der Waals surface area contributed by atoms with Crippen molar-refractivity contribution >= 4 is 44.9 Å². The zero-order valence-electron chi connectivity index (χ0n) is 13.2. The van der Waals surface area contributed by atoms with Gasteiger partial charge in [-0.05, 0) is 48.9 Å². The highest BCUT2D eigenvalue weighted by atomic mass is 79.9. The Morgan fingerprint density at radius 3 is 2.61 bits per heavy atom. The molecule has 0 bridgehead atoms. The number of carbonyl (C=O) groups excluding carboxylic acids is 2. The first-order chi connectivity index (χ1) is 11.0. The molecule has 1 aliphatic heterocycles. The summed E-state index contributed by atoms with van der Waals surface area (Å²) in [5, 5.41) is -0.224. The van der Waals surface area contributed by atoms with Crippen LogP contribution < -0.4 is 9.47 Å². The molecule has 0 N–H and O–H groups in total. The Morgan fingerprint density at radius 2 is 2.00 bits per heavy atom. The molecule has 23 heavy (non-hydrogen) atoms. The molecular formula is C16H18BrNO4S. The van der Waals surface area contributed by atoms with E-state index >= 15 is 0 Å². The molecule has 1 saturated heterocycles. The predicted molar refractivity (Wildman–Crippen MR) is 94.8 cm³/mol. The lowest BCUT2D eigenvalue weighted by molar-refractivity contribution is -0.122. The van der Waals surface area contributed by atoms with Crippen molar-refractivity contribution in [3.63, 3.8) is 0 Å².